The fourth-order valence-electron chi connectivity index (χ4n) is 15.5. The number of benzene rings is 18. The Morgan fingerprint density at radius 1 is 0.250 bits per heavy atom. The molecule has 0 atom stereocenters. The van der Waals surface area contributed by atoms with E-state index in [1.165, 1.54) is 91.7 Å². The van der Waals surface area contributed by atoms with E-state index >= 15 is 0 Å². The van der Waals surface area contributed by atoms with Gasteiger partial charge in [0.15, 0.2) is 0 Å². The van der Waals surface area contributed by atoms with Crippen molar-refractivity contribution in [3.8, 4) is 44.5 Å². The number of hydrogen-bond donors (Lipinski definition) is 0. The number of rotatable bonds is 13. The van der Waals surface area contributed by atoms with Gasteiger partial charge in [-0.15, -0.1) is 0 Å². The summed E-state index contributed by atoms with van der Waals surface area (Å²) in [5.41, 5.74) is 20.2. The number of hydrogen-bond acceptors (Lipinski definition) is 2. The molecule has 0 aliphatic heterocycles. The van der Waals surface area contributed by atoms with Gasteiger partial charge in [-0.1, -0.05) is 303 Å². The summed E-state index contributed by atoms with van der Waals surface area (Å²) in [6.45, 7) is 4.44. The zero-order valence-corrected chi connectivity index (χ0v) is 55.7. The summed E-state index contributed by atoms with van der Waals surface area (Å²) < 4.78 is 0. The first-order valence-electron chi connectivity index (χ1n) is 34.6. The summed E-state index contributed by atoms with van der Waals surface area (Å²) in [6, 6.07) is 135. The van der Waals surface area contributed by atoms with Gasteiger partial charge < -0.3 is 9.80 Å². The highest BCUT2D eigenvalue weighted by atomic mass is 15.2. The second kappa shape index (κ2) is 25.3. The third kappa shape index (κ3) is 10.8. The Morgan fingerprint density at radius 2 is 0.580 bits per heavy atom. The van der Waals surface area contributed by atoms with Gasteiger partial charge in [0.1, 0.15) is 0 Å². The smallest absolute Gasteiger partial charge is 0.0618 e. The Bertz CT molecular complexity index is 5990. The summed E-state index contributed by atoms with van der Waals surface area (Å²) in [6.07, 6.45) is 4.64. The molecule has 0 fully saturated rings. The van der Waals surface area contributed by atoms with Crippen molar-refractivity contribution in [3.63, 3.8) is 0 Å². The lowest BCUT2D eigenvalue weighted by Gasteiger charge is -2.31. The predicted octanol–water partition coefficient (Wildman–Crippen LogP) is 28.0. The lowest BCUT2D eigenvalue weighted by atomic mass is 9.89. The Labute approximate surface area is 583 Å². The van der Waals surface area contributed by atoms with E-state index in [0.29, 0.717) is 0 Å². The molecule has 0 radical (unpaired) electrons. The lowest BCUT2D eigenvalue weighted by molar-refractivity contribution is 1.28. The van der Waals surface area contributed by atoms with Gasteiger partial charge in [-0.3, -0.25) is 0 Å². The minimum atomic E-state index is 1.08. The van der Waals surface area contributed by atoms with Crippen LogP contribution in [0.2, 0.25) is 0 Å². The van der Waals surface area contributed by atoms with E-state index in [1.807, 2.05) is 0 Å². The van der Waals surface area contributed by atoms with E-state index in [-0.39, 0.29) is 0 Å². The quantitative estimate of drug-likeness (QED) is 0.0838. The molecule has 0 saturated carbocycles. The zero-order valence-electron chi connectivity index (χ0n) is 55.7. The van der Waals surface area contributed by atoms with Crippen molar-refractivity contribution < 1.29 is 0 Å². The maximum Gasteiger partial charge on any atom is 0.0618 e. The molecule has 0 N–H and O–H groups in total. The number of fused-ring (bicyclic) bond motifs is 12. The average Bonchev–Trinajstić information content (AvgIpc) is 0.744. The topological polar surface area (TPSA) is 6.48 Å². The molecule has 18 aromatic rings. The lowest BCUT2D eigenvalue weighted by Crippen LogP contribution is -2.13. The van der Waals surface area contributed by atoms with Crippen LogP contribution in [0.15, 0.2) is 376 Å². The Kier molecular flexibility index (Phi) is 15.1. The van der Waals surface area contributed by atoms with Crippen molar-refractivity contribution in [3.05, 3.63) is 387 Å². The van der Waals surface area contributed by atoms with Gasteiger partial charge >= 0.3 is 0 Å². The molecule has 0 aliphatic carbocycles. The van der Waals surface area contributed by atoms with Crippen molar-refractivity contribution in [2.75, 3.05) is 9.80 Å². The van der Waals surface area contributed by atoms with Crippen LogP contribution in [0.25, 0.3) is 142 Å². The van der Waals surface area contributed by atoms with Gasteiger partial charge in [-0.05, 0) is 223 Å². The molecule has 0 heterocycles. The van der Waals surface area contributed by atoms with E-state index in [1.54, 1.807) is 0 Å². The van der Waals surface area contributed by atoms with Crippen molar-refractivity contribution in [1.29, 1.82) is 0 Å². The number of allylic oxidation sites excluding steroid dienone is 4. The molecule has 18 aromatic carbocycles. The van der Waals surface area contributed by atoms with Gasteiger partial charge in [-0.25, -0.2) is 0 Å². The van der Waals surface area contributed by atoms with Crippen LogP contribution in [0.5, 0.6) is 0 Å². The third-order valence-corrected chi connectivity index (χ3v) is 20.5. The molecule has 0 unspecified atom stereocenters. The van der Waals surface area contributed by atoms with Crippen LogP contribution in [0, 0.1) is 0 Å². The SMILES string of the molecule is C/C=C(\C=C(/C)c1cc(-c2ccccc2)ccc1N(c1ccc2c(ccc3ccccc32)c1)c1ccc2c(ccc3ccccc32)c1)c1ccc(-c2cc(-c3ccccc3)c(N(c3ccc4c(ccc5ccccc54)c3)c3ccc4c(ccc5ccccc54)c3)c(-c3ccccc3)c2)cc1. The standard InChI is InChI=1S/C98H68N2/c1-3-66(57-65(2)94-62-76(67-21-7-4-8-22-67)47-56-97(94)99(82-48-52-90-77(58-82)43-39-72-27-13-17-31-86(72)90)83-49-53-91-78(59-83)44-40-73-28-14-18-32-87(73)91)68-35-37-69(38-36-68)81-63-95(70-23-9-5-10-24-70)98(96(64-81)71-25-11-6-12-26-71)100(84-50-54-92-79(60-84)45-41-74-29-15-19-33-88(74)92)85-51-55-93-80(61-85)46-42-75-30-16-20-34-89(75)93/h3-64H,1-2H3/b65-57+,66-3+. The minimum Gasteiger partial charge on any atom is -0.310 e. The molecule has 2 nitrogen and oxygen atoms in total. The summed E-state index contributed by atoms with van der Waals surface area (Å²) in [5, 5.41) is 19.6. The maximum absolute atomic E-state index is 2.51. The average molecular weight is 1270 g/mol. The van der Waals surface area contributed by atoms with Gasteiger partial charge in [-0.2, -0.15) is 0 Å². The zero-order chi connectivity index (χ0) is 66.6. The second-order valence-electron chi connectivity index (χ2n) is 26.3. The molecule has 100 heavy (non-hydrogen) atoms. The van der Waals surface area contributed by atoms with Gasteiger partial charge in [0.25, 0.3) is 0 Å². The van der Waals surface area contributed by atoms with E-state index in [2.05, 4.69) is 400 Å². The molecule has 0 spiro atoms. The molecule has 0 aromatic heterocycles. The first kappa shape index (κ1) is 59.6. The highest BCUT2D eigenvalue weighted by Crippen LogP contribution is 2.51. The summed E-state index contributed by atoms with van der Waals surface area (Å²) in [4.78, 5) is 4.99. The molecule has 2 heteroatoms. The fraction of sp³-hybridized carbons (Fsp3) is 0.0204. The molecular formula is C98H68N2. The Balaban J connectivity index is 0.779. The van der Waals surface area contributed by atoms with E-state index in [4.69, 9.17) is 0 Å². The maximum atomic E-state index is 2.51. The van der Waals surface area contributed by atoms with Crippen LogP contribution in [0.3, 0.4) is 0 Å². The van der Waals surface area contributed by atoms with E-state index < -0.39 is 0 Å². The molecular weight excluding hydrogens is 1210 g/mol. The van der Waals surface area contributed by atoms with Crippen LogP contribution in [0.1, 0.15) is 25.0 Å². The normalized spacial score (nSPS) is 12.0. The predicted molar refractivity (Wildman–Crippen MR) is 431 cm³/mol. The van der Waals surface area contributed by atoms with Crippen LogP contribution in [0.4, 0.5) is 34.1 Å². The molecule has 470 valence electrons. The highest BCUT2D eigenvalue weighted by molar-refractivity contribution is 6.14. The number of nitrogens with zero attached hydrogens (tertiary/aromatic N) is 2. The largest absolute Gasteiger partial charge is 0.310 e. The highest BCUT2D eigenvalue weighted by Gasteiger charge is 2.26. The van der Waals surface area contributed by atoms with Crippen LogP contribution >= 0.6 is 0 Å². The molecule has 0 saturated heterocycles. The summed E-state index contributed by atoms with van der Waals surface area (Å²) in [5.74, 6) is 0. The Morgan fingerprint density at radius 3 is 0.980 bits per heavy atom. The number of anilines is 6. The van der Waals surface area contributed by atoms with Gasteiger partial charge in [0, 0.05) is 39.4 Å². The fourth-order valence-corrected chi connectivity index (χ4v) is 15.5. The van der Waals surface area contributed by atoms with Gasteiger partial charge in [0.05, 0.1) is 11.4 Å². The van der Waals surface area contributed by atoms with Crippen molar-refractivity contribution in [2.24, 2.45) is 0 Å². The van der Waals surface area contributed by atoms with Crippen molar-refractivity contribution >= 4 is 131 Å². The molecule has 18 rings (SSSR count). The monoisotopic (exact) mass is 1270 g/mol. The third-order valence-electron chi connectivity index (χ3n) is 20.5. The minimum absolute atomic E-state index is 1.08. The van der Waals surface area contributed by atoms with Crippen LogP contribution in [-0.4, -0.2) is 0 Å². The first-order chi connectivity index (χ1) is 49.4. The van der Waals surface area contributed by atoms with E-state index in [0.717, 1.165) is 95.3 Å². The van der Waals surface area contributed by atoms with Crippen molar-refractivity contribution in [2.45, 2.75) is 13.8 Å². The first-order valence-corrected chi connectivity index (χ1v) is 34.6. The summed E-state index contributed by atoms with van der Waals surface area (Å²) >= 11 is 0. The van der Waals surface area contributed by atoms with E-state index in [9.17, 15) is 0 Å². The van der Waals surface area contributed by atoms with Crippen LogP contribution in [-0.2, 0) is 0 Å². The Hall–Kier alpha value is -12.9. The van der Waals surface area contributed by atoms with Gasteiger partial charge in [0.2, 0.25) is 0 Å². The molecule has 0 amide bonds. The summed E-state index contributed by atoms with van der Waals surface area (Å²) in [7, 11) is 0. The molecule has 0 aliphatic rings. The second-order valence-corrected chi connectivity index (χ2v) is 26.3. The molecule has 0 bridgehead atoms. The van der Waals surface area contributed by atoms with Crippen molar-refractivity contribution in [1.82, 2.24) is 0 Å². The van der Waals surface area contributed by atoms with Crippen LogP contribution < -0.4 is 9.80 Å².